The number of carboxylic acid groups (broad SMARTS) is 1. The van der Waals surface area contributed by atoms with Crippen molar-refractivity contribution in [1.82, 2.24) is 6.15 Å². The average Bonchev–Trinajstić information content (AvgIpc) is 2.46. The summed E-state index contributed by atoms with van der Waals surface area (Å²) in [6.07, 6.45) is 0. The van der Waals surface area contributed by atoms with Gasteiger partial charge in [-0.3, -0.25) is 4.79 Å². The van der Waals surface area contributed by atoms with E-state index in [1.54, 1.807) is 6.92 Å². The van der Waals surface area contributed by atoms with Crippen LogP contribution in [0.3, 0.4) is 0 Å². The van der Waals surface area contributed by atoms with Crippen molar-refractivity contribution in [2.75, 3.05) is 0 Å². The first-order chi connectivity index (χ1) is 10.4. The zero-order valence-corrected chi connectivity index (χ0v) is 13.0. The summed E-state index contributed by atoms with van der Waals surface area (Å²) in [4.78, 5) is 22.7. The molecule has 7 heteroatoms. The van der Waals surface area contributed by atoms with Gasteiger partial charge in [0.15, 0.2) is 5.78 Å². The number of carbonyl (C=O) groups excluding carboxylic acids is 2. The minimum Gasteiger partial charge on any atom is -0.545 e. The number of nitrogens with two attached hydrogens (primary N) is 1. The highest BCUT2D eigenvalue weighted by atomic mass is 16.5. The molecular formula is C16H17N3O4. The Morgan fingerprint density at radius 3 is 2.30 bits per heavy atom. The van der Waals surface area contributed by atoms with Gasteiger partial charge in [-0.15, -0.1) is 0 Å². The molecule has 23 heavy (non-hydrogen) atoms. The summed E-state index contributed by atoms with van der Waals surface area (Å²) in [6, 6.07) is 7.74. The Morgan fingerprint density at radius 1 is 1.30 bits per heavy atom. The third-order valence-electron chi connectivity index (χ3n) is 3.46. The van der Waals surface area contributed by atoms with Crippen LogP contribution in [-0.4, -0.2) is 11.8 Å². The molecule has 7 nitrogen and oxygen atoms in total. The summed E-state index contributed by atoms with van der Waals surface area (Å²) < 4.78 is 5.27. The molecule has 120 valence electrons. The van der Waals surface area contributed by atoms with E-state index in [1.165, 1.54) is 31.2 Å². The van der Waals surface area contributed by atoms with Crippen LogP contribution in [-0.2, 0) is 9.53 Å². The molecule has 1 aliphatic heterocycles. The van der Waals surface area contributed by atoms with Gasteiger partial charge in [-0.1, -0.05) is 24.3 Å². The zero-order valence-electron chi connectivity index (χ0n) is 13.0. The van der Waals surface area contributed by atoms with Gasteiger partial charge >= 0.3 is 0 Å². The predicted octanol–water partition coefficient (Wildman–Crippen LogP) is 1.10. The fraction of sp³-hybridized carbons (Fsp3) is 0.188. The van der Waals surface area contributed by atoms with Gasteiger partial charge in [-0.2, -0.15) is 5.26 Å². The van der Waals surface area contributed by atoms with Gasteiger partial charge in [-0.25, -0.2) is 0 Å². The summed E-state index contributed by atoms with van der Waals surface area (Å²) in [5.74, 6) is -1.94. The summed E-state index contributed by atoms with van der Waals surface area (Å²) in [5, 5.41) is 20.1. The molecule has 0 aromatic heterocycles. The van der Waals surface area contributed by atoms with E-state index in [2.05, 4.69) is 0 Å². The first-order valence-electron chi connectivity index (χ1n) is 6.47. The molecule has 6 N–H and O–H groups in total. The fourth-order valence-corrected chi connectivity index (χ4v) is 2.48. The number of nitrogens with zero attached hydrogens (tertiary/aromatic N) is 1. The monoisotopic (exact) mass is 315 g/mol. The van der Waals surface area contributed by atoms with Crippen molar-refractivity contribution >= 4 is 11.8 Å². The molecule has 0 saturated carbocycles. The van der Waals surface area contributed by atoms with E-state index in [-0.39, 0.29) is 29.0 Å². The number of ketones is 1. The third kappa shape index (κ3) is 3.22. The number of carbonyl (C=O) groups is 2. The predicted molar refractivity (Wildman–Crippen MR) is 80.8 cm³/mol. The molecule has 0 amide bonds. The maximum atomic E-state index is 11.9. The van der Waals surface area contributed by atoms with Crippen molar-refractivity contribution in [2.24, 2.45) is 5.73 Å². The van der Waals surface area contributed by atoms with E-state index in [0.29, 0.717) is 16.9 Å². The van der Waals surface area contributed by atoms with Crippen LogP contribution in [0.4, 0.5) is 0 Å². The van der Waals surface area contributed by atoms with Gasteiger partial charge < -0.3 is 26.5 Å². The van der Waals surface area contributed by atoms with Crippen molar-refractivity contribution in [2.45, 2.75) is 19.8 Å². The molecule has 1 aromatic rings. The lowest BCUT2D eigenvalue weighted by Crippen LogP contribution is -2.24. The van der Waals surface area contributed by atoms with Crippen LogP contribution in [0.15, 0.2) is 47.1 Å². The van der Waals surface area contributed by atoms with Crippen molar-refractivity contribution in [3.05, 3.63) is 58.2 Å². The van der Waals surface area contributed by atoms with Crippen molar-refractivity contribution in [1.29, 1.82) is 5.26 Å². The molecule has 0 saturated heterocycles. The number of hydrogen-bond acceptors (Lipinski definition) is 6. The molecule has 0 aliphatic carbocycles. The number of ether oxygens (including phenoxy) is 1. The lowest BCUT2D eigenvalue weighted by atomic mass is 9.81. The second kappa shape index (κ2) is 6.77. The Morgan fingerprint density at radius 2 is 1.87 bits per heavy atom. The van der Waals surface area contributed by atoms with Crippen LogP contribution in [0.1, 0.15) is 35.7 Å². The number of aromatic carboxylic acids is 1. The van der Waals surface area contributed by atoms with Crippen molar-refractivity contribution in [3.8, 4) is 6.07 Å². The quantitative estimate of drug-likeness (QED) is 0.851. The minimum absolute atomic E-state index is 0. The van der Waals surface area contributed by atoms with E-state index in [1.807, 2.05) is 6.07 Å². The molecule has 1 aliphatic rings. The van der Waals surface area contributed by atoms with Crippen LogP contribution in [0, 0.1) is 11.3 Å². The van der Waals surface area contributed by atoms with Crippen LogP contribution in [0.25, 0.3) is 0 Å². The van der Waals surface area contributed by atoms with Crippen LogP contribution in [0.2, 0.25) is 0 Å². The largest absolute Gasteiger partial charge is 0.545 e. The lowest BCUT2D eigenvalue weighted by Gasteiger charge is -2.26. The second-order valence-corrected chi connectivity index (χ2v) is 4.86. The highest BCUT2D eigenvalue weighted by Gasteiger charge is 2.33. The minimum atomic E-state index is -1.30. The summed E-state index contributed by atoms with van der Waals surface area (Å²) in [7, 11) is 0. The van der Waals surface area contributed by atoms with Gasteiger partial charge in [0.1, 0.15) is 17.4 Å². The number of allylic oxidation sites excluding steroid dienone is 3. The maximum Gasteiger partial charge on any atom is 0.205 e. The van der Waals surface area contributed by atoms with E-state index in [4.69, 9.17) is 10.5 Å². The van der Waals surface area contributed by atoms with Crippen molar-refractivity contribution in [3.63, 3.8) is 0 Å². The zero-order chi connectivity index (χ0) is 16.4. The van der Waals surface area contributed by atoms with Crippen molar-refractivity contribution < 1.29 is 19.4 Å². The molecule has 2 rings (SSSR count). The van der Waals surface area contributed by atoms with Gasteiger partial charge in [0, 0.05) is 5.57 Å². The normalized spacial score (nSPS) is 17.0. The van der Waals surface area contributed by atoms with Gasteiger partial charge in [0.2, 0.25) is 5.88 Å². The maximum absolute atomic E-state index is 11.9. The Kier molecular flexibility index (Phi) is 5.28. The SMILES string of the molecule is CC(=O)C1=C(C)OC(N)=C(C#N)C1c1ccc(C(=O)[O-])cc1.[NH4+]. The molecule has 0 spiro atoms. The standard InChI is InChI=1S/C16H14N2O4.H3N/c1-8(19)13-9(2)22-15(18)12(7-17)14(13)10-3-5-11(6-4-10)16(20)21;/h3-6,14H,18H2,1-2H3,(H,20,21);1H3. The lowest BCUT2D eigenvalue weighted by molar-refractivity contribution is -0.255. The van der Waals surface area contributed by atoms with Crippen LogP contribution in [0.5, 0.6) is 0 Å². The van der Waals surface area contributed by atoms with Gasteiger partial charge in [-0.05, 0) is 25.0 Å². The van der Waals surface area contributed by atoms with E-state index in [0.717, 1.165) is 0 Å². The second-order valence-electron chi connectivity index (χ2n) is 4.86. The molecule has 1 aromatic carbocycles. The highest BCUT2D eigenvalue weighted by molar-refractivity contribution is 5.96. The number of quaternary nitrogens is 1. The Labute approximate surface area is 133 Å². The first kappa shape index (κ1) is 17.9. The molecule has 1 heterocycles. The molecule has 1 unspecified atom stereocenters. The Hall–Kier alpha value is -3.11. The Bertz CT molecular complexity index is 755. The summed E-state index contributed by atoms with van der Waals surface area (Å²) >= 11 is 0. The first-order valence-corrected chi connectivity index (χ1v) is 6.47. The fourth-order valence-electron chi connectivity index (χ4n) is 2.48. The number of nitriles is 1. The number of Topliss-reactive ketones (excluding diaryl/α,β-unsaturated/α-hetero) is 1. The molecule has 0 radical (unpaired) electrons. The van der Waals surface area contributed by atoms with E-state index >= 15 is 0 Å². The highest BCUT2D eigenvalue weighted by Crippen LogP contribution is 2.39. The summed E-state index contributed by atoms with van der Waals surface area (Å²) in [6.45, 7) is 2.97. The number of benzene rings is 1. The Balaban J connectivity index is 0.00000264. The van der Waals surface area contributed by atoms with Gasteiger partial charge in [0.05, 0.1) is 11.9 Å². The molecular weight excluding hydrogens is 298 g/mol. The molecule has 1 atom stereocenters. The van der Waals surface area contributed by atoms with E-state index in [9.17, 15) is 20.0 Å². The summed E-state index contributed by atoms with van der Waals surface area (Å²) in [5.41, 5.74) is 6.77. The number of carboxylic acids is 1. The van der Waals surface area contributed by atoms with Crippen LogP contribution >= 0.6 is 0 Å². The number of hydrogen-bond donors (Lipinski definition) is 2. The topological polar surface area (TPSA) is 153 Å². The molecule has 0 bridgehead atoms. The smallest absolute Gasteiger partial charge is 0.205 e. The average molecular weight is 315 g/mol. The number of rotatable bonds is 3. The van der Waals surface area contributed by atoms with E-state index < -0.39 is 11.9 Å². The molecule has 0 fully saturated rings. The van der Waals surface area contributed by atoms with Crippen LogP contribution < -0.4 is 17.0 Å². The third-order valence-corrected chi connectivity index (χ3v) is 3.46. The van der Waals surface area contributed by atoms with Gasteiger partial charge in [0.25, 0.3) is 0 Å².